The van der Waals surface area contributed by atoms with Gasteiger partial charge in [0.15, 0.2) is 0 Å². The number of piperidine rings is 2. The molecule has 1 aromatic heterocycles. The minimum Gasteiger partial charge on any atom is -0.337 e. The molecule has 3 aliphatic rings. The summed E-state index contributed by atoms with van der Waals surface area (Å²) in [6.45, 7) is 2.23. The van der Waals surface area contributed by atoms with Crippen LogP contribution in [0.1, 0.15) is 12.8 Å². The van der Waals surface area contributed by atoms with Crippen LogP contribution in [0.25, 0.3) is 0 Å². The van der Waals surface area contributed by atoms with Crippen LogP contribution in [0.15, 0.2) is 12.4 Å². The number of aromatic amines is 1. The first-order chi connectivity index (χ1) is 6.43. The minimum atomic E-state index is 0.649. The van der Waals surface area contributed by atoms with E-state index >= 15 is 0 Å². The molecule has 3 fully saturated rings. The molecule has 4 rings (SSSR count). The second kappa shape index (κ2) is 2.73. The molecule has 0 aliphatic carbocycles. The van der Waals surface area contributed by atoms with Gasteiger partial charge in [0.1, 0.15) is 0 Å². The summed E-state index contributed by atoms with van der Waals surface area (Å²) in [5, 5.41) is 3.53. The van der Waals surface area contributed by atoms with Crippen molar-refractivity contribution in [3.8, 4) is 0 Å². The Hall–Kier alpha value is -1.03. The van der Waals surface area contributed by atoms with E-state index in [-0.39, 0.29) is 0 Å². The highest BCUT2D eigenvalue weighted by molar-refractivity contribution is 5.34. The van der Waals surface area contributed by atoms with E-state index in [0.717, 1.165) is 19.0 Å². The van der Waals surface area contributed by atoms with Gasteiger partial charge >= 0.3 is 0 Å². The molecule has 0 radical (unpaired) electrons. The van der Waals surface area contributed by atoms with Crippen molar-refractivity contribution in [3.05, 3.63) is 12.4 Å². The smallest absolute Gasteiger partial charge is 0.203 e. The van der Waals surface area contributed by atoms with Gasteiger partial charge in [-0.2, -0.15) is 0 Å². The van der Waals surface area contributed by atoms with Gasteiger partial charge in [0, 0.05) is 37.6 Å². The molecule has 4 nitrogen and oxygen atoms in total. The topological polar surface area (TPSA) is 44.0 Å². The van der Waals surface area contributed by atoms with E-state index in [4.69, 9.17) is 0 Å². The highest BCUT2D eigenvalue weighted by atomic mass is 15.3. The van der Waals surface area contributed by atoms with Crippen molar-refractivity contribution in [3.63, 3.8) is 0 Å². The van der Waals surface area contributed by atoms with E-state index in [1.165, 1.54) is 12.8 Å². The van der Waals surface area contributed by atoms with Gasteiger partial charge in [-0.1, -0.05) is 0 Å². The lowest BCUT2D eigenvalue weighted by atomic mass is 9.93. The van der Waals surface area contributed by atoms with E-state index in [9.17, 15) is 0 Å². The predicted molar refractivity (Wildman–Crippen MR) is 50.7 cm³/mol. The number of H-pyrrole nitrogens is 1. The summed E-state index contributed by atoms with van der Waals surface area (Å²) in [7, 11) is 0. The lowest BCUT2D eigenvalue weighted by Gasteiger charge is -2.45. The molecule has 70 valence electrons. The Kier molecular flexibility index (Phi) is 1.55. The molecule has 4 heteroatoms. The molecule has 2 N–H and O–H groups in total. The Labute approximate surface area is 77.3 Å². The Morgan fingerprint density at radius 3 is 3.00 bits per heavy atom. The van der Waals surface area contributed by atoms with Crippen LogP contribution in [0.5, 0.6) is 0 Å². The van der Waals surface area contributed by atoms with Crippen molar-refractivity contribution in [2.45, 2.75) is 24.9 Å². The predicted octanol–water partition coefficient (Wildman–Crippen LogP) is 0.350. The van der Waals surface area contributed by atoms with Crippen molar-refractivity contribution in [2.75, 3.05) is 18.0 Å². The SMILES string of the molecule is c1c[nH]c(N2CC3CCC2CN3)n1. The summed E-state index contributed by atoms with van der Waals surface area (Å²) in [5.74, 6) is 1.04. The third kappa shape index (κ3) is 1.13. The number of aromatic nitrogens is 2. The van der Waals surface area contributed by atoms with Crippen LogP contribution in [-0.2, 0) is 0 Å². The van der Waals surface area contributed by atoms with Gasteiger partial charge in [0.2, 0.25) is 5.95 Å². The largest absolute Gasteiger partial charge is 0.337 e. The molecule has 0 saturated carbocycles. The van der Waals surface area contributed by atoms with Crippen LogP contribution in [0.4, 0.5) is 5.95 Å². The first-order valence-corrected chi connectivity index (χ1v) is 4.93. The van der Waals surface area contributed by atoms with Crippen LogP contribution in [-0.4, -0.2) is 35.1 Å². The molecule has 4 heterocycles. The molecule has 3 saturated heterocycles. The van der Waals surface area contributed by atoms with Crippen LogP contribution < -0.4 is 10.2 Å². The van der Waals surface area contributed by atoms with Crippen LogP contribution in [0.2, 0.25) is 0 Å². The Balaban J connectivity index is 1.85. The molecular weight excluding hydrogens is 164 g/mol. The van der Waals surface area contributed by atoms with Gasteiger partial charge in [-0.3, -0.25) is 0 Å². The summed E-state index contributed by atoms with van der Waals surface area (Å²) in [6, 6.07) is 1.33. The maximum Gasteiger partial charge on any atom is 0.203 e. The van der Waals surface area contributed by atoms with Gasteiger partial charge in [0.05, 0.1) is 0 Å². The standard InChI is InChI=1S/C9H14N4/c1-2-8-5-12-7(1)6-13(8)9-10-3-4-11-9/h3-4,7-8,12H,1-2,5-6H2,(H,10,11). The fourth-order valence-electron chi connectivity index (χ4n) is 2.38. The Morgan fingerprint density at radius 2 is 2.46 bits per heavy atom. The van der Waals surface area contributed by atoms with Crippen molar-refractivity contribution in [2.24, 2.45) is 0 Å². The van der Waals surface area contributed by atoms with E-state index in [1.54, 1.807) is 0 Å². The maximum absolute atomic E-state index is 4.30. The molecule has 0 spiro atoms. The zero-order valence-electron chi connectivity index (χ0n) is 7.53. The van der Waals surface area contributed by atoms with E-state index < -0.39 is 0 Å². The fourth-order valence-corrected chi connectivity index (χ4v) is 2.38. The van der Waals surface area contributed by atoms with Gasteiger partial charge in [0.25, 0.3) is 0 Å². The van der Waals surface area contributed by atoms with Crippen LogP contribution >= 0.6 is 0 Å². The molecule has 2 bridgehead atoms. The van der Waals surface area contributed by atoms with Crippen molar-refractivity contribution in [1.82, 2.24) is 15.3 Å². The molecule has 2 atom stereocenters. The average Bonchev–Trinajstić information content (AvgIpc) is 2.72. The number of hydrogen-bond acceptors (Lipinski definition) is 3. The number of rotatable bonds is 1. The van der Waals surface area contributed by atoms with Crippen LogP contribution in [0.3, 0.4) is 0 Å². The van der Waals surface area contributed by atoms with Crippen molar-refractivity contribution >= 4 is 5.95 Å². The van der Waals surface area contributed by atoms with Gasteiger partial charge in [-0.05, 0) is 12.8 Å². The fraction of sp³-hybridized carbons (Fsp3) is 0.667. The monoisotopic (exact) mass is 178 g/mol. The maximum atomic E-state index is 4.30. The molecule has 2 unspecified atom stereocenters. The second-order valence-electron chi connectivity index (χ2n) is 3.90. The normalized spacial score (nSPS) is 32.5. The van der Waals surface area contributed by atoms with Crippen LogP contribution in [0, 0.1) is 0 Å². The molecule has 0 aromatic carbocycles. The first-order valence-electron chi connectivity index (χ1n) is 4.93. The van der Waals surface area contributed by atoms with Crippen molar-refractivity contribution < 1.29 is 0 Å². The Morgan fingerprint density at radius 1 is 1.46 bits per heavy atom. The summed E-state index contributed by atoms with van der Waals surface area (Å²) >= 11 is 0. The van der Waals surface area contributed by atoms with Gasteiger partial charge in [-0.15, -0.1) is 0 Å². The quantitative estimate of drug-likeness (QED) is 0.652. The molecule has 1 aromatic rings. The summed E-state index contributed by atoms with van der Waals surface area (Å²) in [5.41, 5.74) is 0. The number of imidazole rings is 1. The van der Waals surface area contributed by atoms with E-state index in [1.807, 2.05) is 12.4 Å². The minimum absolute atomic E-state index is 0.649. The second-order valence-corrected chi connectivity index (χ2v) is 3.90. The third-order valence-corrected chi connectivity index (χ3v) is 3.10. The number of fused-ring (bicyclic) bond motifs is 3. The average molecular weight is 178 g/mol. The third-order valence-electron chi connectivity index (χ3n) is 3.10. The summed E-state index contributed by atoms with van der Waals surface area (Å²) < 4.78 is 0. The van der Waals surface area contributed by atoms with E-state index in [2.05, 4.69) is 20.2 Å². The number of hydrogen-bond donors (Lipinski definition) is 2. The lowest BCUT2D eigenvalue weighted by Crippen LogP contribution is -2.61. The molecular formula is C9H14N4. The summed E-state index contributed by atoms with van der Waals surface area (Å²) in [6.07, 6.45) is 6.34. The number of nitrogens with one attached hydrogen (secondary N) is 2. The van der Waals surface area contributed by atoms with Gasteiger partial charge < -0.3 is 15.2 Å². The zero-order chi connectivity index (χ0) is 8.67. The van der Waals surface area contributed by atoms with Crippen molar-refractivity contribution in [1.29, 1.82) is 0 Å². The number of nitrogens with zero attached hydrogens (tertiary/aromatic N) is 2. The van der Waals surface area contributed by atoms with Gasteiger partial charge in [-0.25, -0.2) is 4.98 Å². The number of anilines is 1. The first kappa shape index (κ1) is 7.38. The zero-order valence-corrected chi connectivity index (χ0v) is 7.53. The molecule has 13 heavy (non-hydrogen) atoms. The molecule has 0 amide bonds. The van der Waals surface area contributed by atoms with E-state index in [0.29, 0.717) is 12.1 Å². The summed E-state index contributed by atoms with van der Waals surface area (Å²) in [4.78, 5) is 9.87. The highest BCUT2D eigenvalue weighted by Crippen LogP contribution is 2.25. The highest BCUT2D eigenvalue weighted by Gasteiger charge is 2.34. The number of piperazine rings is 1. The Bertz CT molecular complexity index is 274. The lowest BCUT2D eigenvalue weighted by molar-refractivity contribution is 0.287. The molecule has 3 aliphatic heterocycles.